The number of aliphatic carboxylic acids is 1. The third-order valence-corrected chi connectivity index (χ3v) is 4.22. The van der Waals surface area contributed by atoms with Crippen molar-refractivity contribution in [1.82, 2.24) is 0 Å². The van der Waals surface area contributed by atoms with E-state index in [4.69, 9.17) is 0 Å². The Morgan fingerprint density at radius 2 is 1.90 bits per heavy atom. The Balaban J connectivity index is 2.05. The number of carbonyl (C=O) groups is 2. The maximum absolute atomic E-state index is 12.7. The number of amides is 1. The van der Waals surface area contributed by atoms with Gasteiger partial charge in [0.1, 0.15) is 6.04 Å². The van der Waals surface area contributed by atoms with Crippen LogP contribution in [0.25, 0.3) is 0 Å². The SMILES string of the molecule is O=C(O)C1Cc2ccccc2N1C(=O)c1cccc(I)c1. The van der Waals surface area contributed by atoms with Gasteiger partial charge < -0.3 is 5.11 Å². The molecule has 0 aromatic heterocycles. The smallest absolute Gasteiger partial charge is 0.327 e. The first-order valence-corrected chi connectivity index (χ1v) is 7.55. The highest BCUT2D eigenvalue weighted by molar-refractivity contribution is 14.1. The summed E-state index contributed by atoms with van der Waals surface area (Å²) in [5.74, 6) is -1.25. The predicted molar refractivity (Wildman–Crippen MR) is 87.5 cm³/mol. The van der Waals surface area contributed by atoms with Crippen LogP contribution in [0.3, 0.4) is 0 Å². The first-order chi connectivity index (χ1) is 10.1. The molecule has 1 atom stereocenters. The van der Waals surface area contributed by atoms with E-state index < -0.39 is 12.0 Å². The first-order valence-electron chi connectivity index (χ1n) is 6.48. The normalized spacial score (nSPS) is 16.6. The summed E-state index contributed by atoms with van der Waals surface area (Å²) in [7, 11) is 0. The average Bonchev–Trinajstić information content (AvgIpc) is 2.86. The van der Waals surface area contributed by atoms with Crippen molar-refractivity contribution < 1.29 is 14.7 Å². The van der Waals surface area contributed by atoms with Gasteiger partial charge in [0.15, 0.2) is 0 Å². The van der Waals surface area contributed by atoms with Crippen LogP contribution < -0.4 is 4.90 Å². The number of hydrogen-bond acceptors (Lipinski definition) is 2. The molecule has 0 bridgehead atoms. The fourth-order valence-electron chi connectivity index (χ4n) is 2.60. The van der Waals surface area contributed by atoms with Crippen molar-refractivity contribution in [3.8, 4) is 0 Å². The quantitative estimate of drug-likeness (QED) is 0.799. The molecule has 3 rings (SSSR count). The highest BCUT2D eigenvalue weighted by Crippen LogP contribution is 2.33. The summed E-state index contributed by atoms with van der Waals surface area (Å²) in [6.45, 7) is 0. The molecule has 0 saturated heterocycles. The third-order valence-electron chi connectivity index (χ3n) is 3.55. The minimum absolute atomic E-state index is 0.272. The summed E-state index contributed by atoms with van der Waals surface area (Å²) in [4.78, 5) is 25.6. The van der Waals surface area contributed by atoms with Crippen LogP contribution in [0.2, 0.25) is 0 Å². The molecular formula is C16H12INO3. The van der Waals surface area contributed by atoms with Crippen molar-refractivity contribution in [3.63, 3.8) is 0 Å². The monoisotopic (exact) mass is 393 g/mol. The standard InChI is InChI=1S/C16H12INO3/c17-12-6-3-5-11(8-12)15(19)18-13-7-2-1-4-10(13)9-14(18)16(20)21/h1-8,14H,9H2,(H,20,21). The molecule has 0 saturated carbocycles. The number of benzene rings is 2. The number of nitrogens with zero attached hydrogens (tertiary/aromatic N) is 1. The van der Waals surface area contributed by atoms with Crippen LogP contribution >= 0.6 is 22.6 Å². The predicted octanol–water partition coefficient (Wildman–Crippen LogP) is 2.95. The largest absolute Gasteiger partial charge is 0.480 e. The molecule has 4 nitrogen and oxygen atoms in total. The van der Waals surface area contributed by atoms with Crippen molar-refractivity contribution in [3.05, 3.63) is 63.2 Å². The zero-order valence-electron chi connectivity index (χ0n) is 11.0. The lowest BCUT2D eigenvalue weighted by atomic mass is 10.1. The minimum atomic E-state index is -0.981. The van der Waals surface area contributed by atoms with Gasteiger partial charge in [0.2, 0.25) is 0 Å². The molecule has 1 N–H and O–H groups in total. The molecule has 2 aromatic rings. The molecule has 1 aliphatic heterocycles. The highest BCUT2D eigenvalue weighted by Gasteiger charge is 2.38. The van der Waals surface area contributed by atoms with Gasteiger partial charge in [-0.25, -0.2) is 4.79 Å². The summed E-state index contributed by atoms with van der Waals surface area (Å²) in [5.41, 5.74) is 2.09. The number of fused-ring (bicyclic) bond motifs is 1. The number of rotatable bonds is 2. The molecule has 106 valence electrons. The van der Waals surface area contributed by atoms with Crippen LogP contribution in [0.4, 0.5) is 5.69 Å². The number of anilines is 1. The van der Waals surface area contributed by atoms with Crippen molar-refractivity contribution in [2.75, 3.05) is 4.90 Å². The number of para-hydroxylation sites is 1. The molecule has 5 heteroatoms. The summed E-state index contributed by atoms with van der Waals surface area (Å²) in [6.07, 6.45) is 0.348. The van der Waals surface area contributed by atoms with E-state index in [-0.39, 0.29) is 5.91 Å². The Bertz CT molecular complexity index is 729. The fraction of sp³-hybridized carbons (Fsp3) is 0.125. The summed E-state index contributed by atoms with van der Waals surface area (Å²) < 4.78 is 0.942. The Hall–Kier alpha value is -1.89. The zero-order chi connectivity index (χ0) is 15.0. The van der Waals surface area contributed by atoms with E-state index in [9.17, 15) is 14.7 Å². The fourth-order valence-corrected chi connectivity index (χ4v) is 3.14. The van der Waals surface area contributed by atoms with Gasteiger partial charge in [-0.2, -0.15) is 0 Å². The van der Waals surface area contributed by atoms with E-state index in [0.717, 1.165) is 9.13 Å². The Morgan fingerprint density at radius 1 is 1.14 bits per heavy atom. The molecule has 0 fully saturated rings. The van der Waals surface area contributed by atoms with Crippen LogP contribution in [0.1, 0.15) is 15.9 Å². The molecule has 0 aliphatic carbocycles. The van der Waals surface area contributed by atoms with Crippen molar-refractivity contribution in [2.45, 2.75) is 12.5 Å². The van der Waals surface area contributed by atoms with Gasteiger partial charge in [-0.3, -0.25) is 9.69 Å². The lowest BCUT2D eigenvalue weighted by Gasteiger charge is -2.22. The van der Waals surface area contributed by atoms with Crippen molar-refractivity contribution in [1.29, 1.82) is 0 Å². The molecule has 21 heavy (non-hydrogen) atoms. The van der Waals surface area contributed by atoms with Crippen molar-refractivity contribution in [2.24, 2.45) is 0 Å². The van der Waals surface area contributed by atoms with Gasteiger partial charge in [-0.15, -0.1) is 0 Å². The van der Waals surface area contributed by atoms with Gasteiger partial charge in [0.05, 0.1) is 0 Å². The van der Waals surface area contributed by atoms with Gasteiger partial charge in [0, 0.05) is 21.2 Å². The topological polar surface area (TPSA) is 57.6 Å². The maximum Gasteiger partial charge on any atom is 0.327 e. The second kappa shape index (κ2) is 5.48. The van der Waals surface area contributed by atoms with E-state index in [1.54, 1.807) is 24.3 Å². The summed E-state index contributed by atoms with van der Waals surface area (Å²) >= 11 is 2.13. The van der Waals surface area contributed by atoms with Gasteiger partial charge >= 0.3 is 5.97 Å². The minimum Gasteiger partial charge on any atom is -0.480 e. The zero-order valence-corrected chi connectivity index (χ0v) is 13.1. The molecule has 0 spiro atoms. The molecule has 1 heterocycles. The van der Waals surface area contributed by atoms with E-state index >= 15 is 0 Å². The average molecular weight is 393 g/mol. The van der Waals surface area contributed by atoms with Crippen molar-refractivity contribution >= 4 is 40.2 Å². The summed E-state index contributed by atoms with van der Waals surface area (Å²) in [6, 6.07) is 13.7. The van der Waals surface area contributed by atoms with Crippen LogP contribution in [-0.2, 0) is 11.2 Å². The maximum atomic E-state index is 12.7. The second-order valence-corrected chi connectivity index (χ2v) is 6.12. The number of halogens is 1. The lowest BCUT2D eigenvalue weighted by molar-refractivity contribution is -0.138. The molecule has 1 aliphatic rings. The first kappa shape index (κ1) is 14.1. The van der Waals surface area contributed by atoms with Crippen LogP contribution in [0.5, 0.6) is 0 Å². The van der Waals surface area contributed by atoms with E-state index in [1.807, 2.05) is 24.3 Å². The van der Waals surface area contributed by atoms with Gasteiger partial charge in [-0.05, 0) is 52.4 Å². The molecule has 0 radical (unpaired) electrons. The van der Waals surface area contributed by atoms with Crippen LogP contribution in [0.15, 0.2) is 48.5 Å². The Labute approximate surface area is 135 Å². The van der Waals surface area contributed by atoms with Crippen LogP contribution in [-0.4, -0.2) is 23.0 Å². The molecule has 2 aromatic carbocycles. The van der Waals surface area contributed by atoms with Gasteiger partial charge in [-0.1, -0.05) is 24.3 Å². The lowest BCUT2D eigenvalue weighted by Crippen LogP contribution is -2.42. The van der Waals surface area contributed by atoms with E-state index in [0.29, 0.717) is 17.7 Å². The Kier molecular flexibility index (Phi) is 3.67. The highest BCUT2D eigenvalue weighted by atomic mass is 127. The Morgan fingerprint density at radius 3 is 2.62 bits per heavy atom. The number of carboxylic acid groups (broad SMARTS) is 1. The summed E-state index contributed by atoms with van der Waals surface area (Å²) in [5, 5.41) is 9.41. The van der Waals surface area contributed by atoms with Crippen LogP contribution in [0, 0.1) is 3.57 Å². The van der Waals surface area contributed by atoms with E-state index in [1.165, 1.54) is 4.90 Å². The number of carbonyl (C=O) groups excluding carboxylic acids is 1. The third kappa shape index (κ3) is 2.53. The second-order valence-electron chi connectivity index (χ2n) is 4.87. The number of carboxylic acids is 1. The number of hydrogen-bond donors (Lipinski definition) is 1. The molecule has 1 unspecified atom stereocenters. The van der Waals surface area contributed by atoms with Gasteiger partial charge in [0.25, 0.3) is 5.91 Å². The molecule has 1 amide bonds. The van der Waals surface area contributed by atoms with E-state index in [2.05, 4.69) is 22.6 Å². The molecular weight excluding hydrogens is 381 g/mol.